The Morgan fingerprint density at radius 2 is 1.84 bits per heavy atom. The van der Waals surface area contributed by atoms with Crippen LogP contribution in [0.5, 0.6) is 11.5 Å². The first-order chi connectivity index (χ1) is 15.1. The van der Waals surface area contributed by atoms with Crippen molar-refractivity contribution >= 4 is 39.6 Å². The van der Waals surface area contributed by atoms with E-state index in [1.54, 1.807) is 0 Å². The lowest BCUT2D eigenvalue weighted by atomic mass is 10.1. The Morgan fingerprint density at radius 3 is 2.65 bits per heavy atom. The van der Waals surface area contributed by atoms with Gasteiger partial charge in [0, 0.05) is 36.2 Å². The molecular formula is C20H22FIN6O3. The molecule has 1 fully saturated rings. The minimum atomic E-state index is -0.844. The molecule has 0 aliphatic carbocycles. The molecule has 0 radical (unpaired) electrons. The summed E-state index contributed by atoms with van der Waals surface area (Å²) >= 11 is 2.28. The number of aryl methyl sites for hydroxylation is 1. The van der Waals surface area contributed by atoms with Crippen molar-refractivity contribution in [2.24, 2.45) is 0 Å². The molecule has 0 bridgehead atoms. The van der Waals surface area contributed by atoms with Gasteiger partial charge < -0.3 is 24.5 Å². The lowest BCUT2D eigenvalue weighted by Gasteiger charge is -2.26. The maximum atomic E-state index is 13.9. The Labute approximate surface area is 191 Å². The highest BCUT2D eigenvalue weighted by atomic mass is 127. The number of benzene rings is 1. The Bertz CT molecular complexity index is 1120. The van der Waals surface area contributed by atoms with Crippen LogP contribution in [-0.2, 0) is 17.7 Å². The molecule has 0 atom stereocenters. The number of fused-ring (bicyclic) bond motifs is 2. The molecule has 4 heterocycles. The summed E-state index contributed by atoms with van der Waals surface area (Å²) in [5.41, 5.74) is 7.86. The van der Waals surface area contributed by atoms with E-state index >= 15 is 0 Å². The van der Waals surface area contributed by atoms with Gasteiger partial charge in [-0.2, -0.15) is 14.4 Å². The molecule has 11 heteroatoms. The lowest BCUT2D eigenvalue weighted by Crippen LogP contribution is -2.37. The van der Waals surface area contributed by atoms with Gasteiger partial charge >= 0.3 is 6.08 Å². The summed E-state index contributed by atoms with van der Waals surface area (Å²) in [5.74, 6) is 2.27. The highest BCUT2D eigenvalue weighted by molar-refractivity contribution is 14.1. The molecule has 1 aromatic carbocycles. The van der Waals surface area contributed by atoms with Crippen LogP contribution in [-0.4, -0.2) is 64.1 Å². The van der Waals surface area contributed by atoms with Gasteiger partial charge in [-0.15, -0.1) is 0 Å². The maximum Gasteiger partial charge on any atom is 0.312 e. The van der Waals surface area contributed by atoms with Crippen molar-refractivity contribution < 1.29 is 18.6 Å². The molecule has 9 nitrogen and oxygen atoms in total. The Balaban J connectivity index is 1.45. The highest BCUT2D eigenvalue weighted by Crippen LogP contribution is 2.36. The van der Waals surface area contributed by atoms with Crippen LogP contribution in [0.3, 0.4) is 0 Å². The molecule has 164 valence electrons. The van der Waals surface area contributed by atoms with Crippen molar-refractivity contribution in [3.05, 3.63) is 33.2 Å². The van der Waals surface area contributed by atoms with Crippen LogP contribution in [0.25, 0.3) is 11.2 Å². The van der Waals surface area contributed by atoms with Crippen LogP contribution >= 0.6 is 22.6 Å². The standard InChI is InChI=1S/C20H22FIN6O3/c21-20-25-18(23)17-19(26-20)28(3-1-2-27-4-6-29-7-5-27)16(24-17)9-12-8-14-15(10-13(12)22)31-11-30-14/h8,10H,1-7,9,11H2,(H2,23,25,26). The highest BCUT2D eigenvalue weighted by Gasteiger charge is 2.21. The molecule has 0 amide bonds. The molecular weight excluding hydrogens is 518 g/mol. The Morgan fingerprint density at radius 1 is 1.06 bits per heavy atom. The third-order valence-electron chi connectivity index (χ3n) is 5.52. The van der Waals surface area contributed by atoms with Crippen LogP contribution in [0.1, 0.15) is 17.8 Å². The third-order valence-corrected chi connectivity index (χ3v) is 6.53. The predicted molar refractivity (Wildman–Crippen MR) is 120 cm³/mol. The Kier molecular flexibility index (Phi) is 5.80. The number of rotatable bonds is 6. The van der Waals surface area contributed by atoms with Gasteiger partial charge in [0.15, 0.2) is 28.5 Å². The first kappa shape index (κ1) is 20.6. The zero-order chi connectivity index (χ0) is 21.4. The minimum Gasteiger partial charge on any atom is -0.454 e. The summed E-state index contributed by atoms with van der Waals surface area (Å²) in [7, 11) is 0. The van der Waals surface area contributed by atoms with Gasteiger partial charge in [-0.3, -0.25) is 4.90 Å². The average molecular weight is 540 g/mol. The van der Waals surface area contributed by atoms with Gasteiger partial charge in [0.25, 0.3) is 0 Å². The van der Waals surface area contributed by atoms with E-state index < -0.39 is 6.08 Å². The lowest BCUT2D eigenvalue weighted by molar-refractivity contribution is 0.0369. The second kappa shape index (κ2) is 8.71. The molecule has 3 aromatic rings. The number of aromatic nitrogens is 4. The number of ether oxygens (including phenoxy) is 3. The van der Waals surface area contributed by atoms with Crippen LogP contribution in [0, 0.1) is 9.65 Å². The third kappa shape index (κ3) is 4.26. The largest absolute Gasteiger partial charge is 0.454 e. The van der Waals surface area contributed by atoms with Crippen molar-refractivity contribution in [3.8, 4) is 11.5 Å². The van der Waals surface area contributed by atoms with Gasteiger partial charge in [0.05, 0.1) is 13.2 Å². The second-order valence-electron chi connectivity index (χ2n) is 7.51. The van der Waals surface area contributed by atoms with Crippen molar-refractivity contribution in [1.82, 2.24) is 24.4 Å². The van der Waals surface area contributed by atoms with E-state index in [0.717, 1.165) is 65.7 Å². The minimum absolute atomic E-state index is 0.0519. The topological polar surface area (TPSA) is 101 Å². The zero-order valence-electron chi connectivity index (χ0n) is 16.8. The van der Waals surface area contributed by atoms with E-state index in [-0.39, 0.29) is 12.6 Å². The molecule has 31 heavy (non-hydrogen) atoms. The van der Waals surface area contributed by atoms with Crippen molar-refractivity contribution in [2.75, 3.05) is 45.4 Å². The van der Waals surface area contributed by atoms with Crippen molar-refractivity contribution in [1.29, 1.82) is 0 Å². The summed E-state index contributed by atoms with van der Waals surface area (Å²) in [6.45, 7) is 5.18. The molecule has 0 spiro atoms. The molecule has 2 aromatic heterocycles. The number of anilines is 1. The van der Waals surface area contributed by atoms with E-state index in [0.29, 0.717) is 24.1 Å². The first-order valence-corrected chi connectivity index (χ1v) is 11.2. The number of hydrogen-bond donors (Lipinski definition) is 1. The molecule has 0 unspecified atom stereocenters. The molecule has 2 aliphatic rings. The summed E-state index contributed by atoms with van der Waals surface area (Å²) in [4.78, 5) is 14.7. The monoisotopic (exact) mass is 540 g/mol. The summed E-state index contributed by atoms with van der Waals surface area (Å²) in [6, 6.07) is 3.93. The normalized spacial score (nSPS) is 16.3. The van der Waals surface area contributed by atoms with E-state index in [4.69, 9.17) is 19.9 Å². The van der Waals surface area contributed by atoms with Crippen molar-refractivity contribution in [2.45, 2.75) is 19.4 Å². The number of morpholine rings is 1. The molecule has 5 rings (SSSR count). The summed E-state index contributed by atoms with van der Waals surface area (Å²) in [5, 5.41) is 0. The number of nitrogen functional groups attached to an aromatic ring is 1. The van der Waals surface area contributed by atoms with E-state index in [9.17, 15) is 4.39 Å². The van der Waals surface area contributed by atoms with E-state index in [1.165, 1.54) is 0 Å². The average Bonchev–Trinajstić information content (AvgIpc) is 3.34. The van der Waals surface area contributed by atoms with Crippen molar-refractivity contribution in [3.63, 3.8) is 0 Å². The number of nitrogens with zero attached hydrogens (tertiary/aromatic N) is 5. The van der Waals surface area contributed by atoms with Crippen LogP contribution in [0.2, 0.25) is 0 Å². The smallest absolute Gasteiger partial charge is 0.312 e. The maximum absolute atomic E-state index is 13.9. The Hall–Kier alpha value is -2.25. The SMILES string of the molecule is Nc1nc(F)nc2c1nc(Cc1cc3c(cc1I)OCO3)n2CCCN1CCOCC1. The van der Waals surface area contributed by atoms with Crippen LogP contribution in [0.4, 0.5) is 10.2 Å². The van der Waals surface area contributed by atoms with Crippen LogP contribution in [0.15, 0.2) is 12.1 Å². The quantitative estimate of drug-likeness (QED) is 0.376. The fraction of sp³-hybridized carbons (Fsp3) is 0.450. The fourth-order valence-corrected chi connectivity index (χ4v) is 4.58. The van der Waals surface area contributed by atoms with Gasteiger partial charge in [-0.1, -0.05) is 0 Å². The number of halogens is 2. The number of imidazole rings is 1. The molecule has 1 saturated heterocycles. The summed E-state index contributed by atoms with van der Waals surface area (Å²) < 4.78 is 33.3. The summed E-state index contributed by atoms with van der Waals surface area (Å²) in [6.07, 6.45) is 0.565. The molecule has 0 saturated carbocycles. The molecule has 2 aliphatic heterocycles. The van der Waals surface area contributed by atoms with E-state index in [1.807, 2.05) is 16.7 Å². The second-order valence-corrected chi connectivity index (χ2v) is 8.67. The number of nitrogens with two attached hydrogens (primary N) is 1. The first-order valence-electron chi connectivity index (χ1n) is 10.1. The van der Waals surface area contributed by atoms with Gasteiger partial charge in [0.2, 0.25) is 6.79 Å². The fourth-order valence-electron chi connectivity index (χ4n) is 3.95. The zero-order valence-corrected chi connectivity index (χ0v) is 19.0. The predicted octanol–water partition coefficient (Wildman–Crippen LogP) is 2.19. The van der Waals surface area contributed by atoms with Crippen LogP contribution < -0.4 is 15.2 Å². The van der Waals surface area contributed by atoms with Gasteiger partial charge in [0.1, 0.15) is 5.82 Å². The van der Waals surface area contributed by atoms with Gasteiger partial charge in [-0.25, -0.2) is 4.98 Å². The number of hydrogen-bond acceptors (Lipinski definition) is 8. The van der Waals surface area contributed by atoms with E-state index in [2.05, 4.69) is 42.4 Å². The molecule has 2 N–H and O–H groups in total. The van der Waals surface area contributed by atoms with Gasteiger partial charge in [-0.05, 0) is 46.7 Å².